The Balaban J connectivity index is 1.98. The van der Waals surface area contributed by atoms with Crippen LogP contribution >= 0.6 is 0 Å². The van der Waals surface area contributed by atoms with E-state index in [4.69, 9.17) is 10.2 Å². The van der Waals surface area contributed by atoms with E-state index in [1.165, 1.54) is 12.1 Å². The molecule has 0 bridgehead atoms. The number of nitrogens with zero attached hydrogens (tertiary/aromatic N) is 1. The molecule has 2 rings (SSSR count). The molecule has 1 saturated heterocycles. The number of carbonyl (C=O) groups is 1. The number of aliphatic carboxylic acids is 1. The van der Waals surface area contributed by atoms with Crippen molar-refractivity contribution in [1.82, 2.24) is 0 Å². The maximum atomic E-state index is 11.2. The molecule has 0 aliphatic carbocycles. The van der Waals surface area contributed by atoms with Gasteiger partial charge in [-0.25, -0.2) is 13.6 Å². The molecule has 1 atom stereocenters. The van der Waals surface area contributed by atoms with Crippen LogP contribution in [0.3, 0.4) is 0 Å². The summed E-state index contributed by atoms with van der Waals surface area (Å²) < 4.78 is 22.4. The molecule has 110 valence electrons. The zero-order chi connectivity index (χ0) is 14.8. The lowest BCUT2D eigenvalue weighted by Gasteiger charge is -2.18. The number of nitrogens with two attached hydrogens (primary N) is 1. The number of carboxylic acids is 1. The molecule has 1 unspecified atom stereocenters. The molecular formula is C13H18N2O4S. The summed E-state index contributed by atoms with van der Waals surface area (Å²) in [5.74, 6) is -0.384. The molecule has 1 heterocycles. The summed E-state index contributed by atoms with van der Waals surface area (Å²) in [5, 5.41) is 13.7. The van der Waals surface area contributed by atoms with E-state index in [9.17, 15) is 13.2 Å². The molecule has 0 radical (unpaired) electrons. The highest BCUT2D eigenvalue weighted by atomic mass is 32.2. The van der Waals surface area contributed by atoms with Crippen LogP contribution in [0.2, 0.25) is 0 Å². The van der Waals surface area contributed by atoms with Crippen LogP contribution in [0, 0.1) is 5.92 Å². The first-order chi connectivity index (χ1) is 9.36. The van der Waals surface area contributed by atoms with Crippen LogP contribution in [0.25, 0.3) is 0 Å². The van der Waals surface area contributed by atoms with Crippen molar-refractivity contribution in [2.45, 2.75) is 24.2 Å². The number of benzene rings is 1. The van der Waals surface area contributed by atoms with Crippen LogP contribution in [0.15, 0.2) is 29.2 Å². The first-order valence-corrected chi connectivity index (χ1v) is 8.00. The maximum absolute atomic E-state index is 11.2. The van der Waals surface area contributed by atoms with Gasteiger partial charge in [0.2, 0.25) is 10.0 Å². The molecule has 20 heavy (non-hydrogen) atoms. The highest BCUT2D eigenvalue weighted by Crippen LogP contribution is 2.27. The monoisotopic (exact) mass is 298 g/mol. The molecule has 1 aromatic rings. The summed E-state index contributed by atoms with van der Waals surface area (Å²) in [6, 6.07) is 6.46. The second kappa shape index (κ2) is 5.80. The van der Waals surface area contributed by atoms with E-state index in [1.807, 2.05) is 0 Å². The number of carboxylic acid groups (broad SMARTS) is 1. The van der Waals surface area contributed by atoms with Gasteiger partial charge in [-0.15, -0.1) is 0 Å². The zero-order valence-electron chi connectivity index (χ0n) is 11.0. The summed E-state index contributed by atoms with van der Waals surface area (Å²) in [5.41, 5.74) is 0.940. The predicted octanol–water partition coefficient (Wildman–Crippen LogP) is 1.03. The van der Waals surface area contributed by atoms with E-state index < -0.39 is 16.0 Å². The van der Waals surface area contributed by atoms with Gasteiger partial charge in [-0.3, -0.25) is 4.79 Å². The Morgan fingerprint density at radius 3 is 2.55 bits per heavy atom. The summed E-state index contributed by atoms with van der Waals surface area (Å²) in [6.07, 6.45) is 1.84. The Bertz CT molecular complexity index is 583. The standard InChI is InChI=1S/C13H18N2O4S/c14-20(18,19)12-4-2-11(3-5-12)15-8-7-10(9-15)1-6-13(16)17/h2-5,10H,1,6-9H2,(H,16,17)(H2,14,18,19). The number of hydrogen-bond acceptors (Lipinski definition) is 4. The Hall–Kier alpha value is -1.60. The molecule has 3 N–H and O–H groups in total. The van der Waals surface area contributed by atoms with Gasteiger partial charge in [0.1, 0.15) is 0 Å². The molecule has 7 heteroatoms. The van der Waals surface area contributed by atoms with Gasteiger partial charge in [0.05, 0.1) is 4.90 Å². The summed E-state index contributed by atoms with van der Waals surface area (Å²) in [7, 11) is -3.66. The van der Waals surface area contributed by atoms with Crippen molar-refractivity contribution < 1.29 is 18.3 Å². The second-order valence-electron chi connectivity index (χ2n) is 5.07. The number of rotatable bonds is 5. The number of hydrogen-bond donors (Lipinski definition) is 2. The Morgan fingerprint density at radius 2 is 2.00 bits per heavy atom. The van der Waals surface area contributed by atoms with Crippen molar-refractivity contribution >= 4 is 21.7 Å². The first kappa shape index (κ1) is 14.8. The molecule has 1 fully saturated rings. The smallest absolute Gasteiger partial charge is 0.303 e. The minimum absolute atomic E-state index is 0.0999. The predicted molar refractivity (Wildman–Crippen MR) is 75.0 cm³/mol. The fourth-order valence-electron chi connectivity index (χ4n) is 2.48. The van der Waals surface area contributed by atoms with Gasteiger partial charge in [-0.1, -0.05) is 0 Å². The van der Waals surface area contributed by atoms with Crippen molar-refractivity contribution in [3.8, 4) is 0 Å². The third-order valence-corrected chi connectivity index (χ3v) is 4.51. The van der Waals surface area contributed by atoms with E-state index in [-0.39, 0.29) is 11.3 Å². The lowest BCUT2D eigenvalue weighted by molar-refractivity contribution is -0.137. The average molecular weight is 298 g/mol. The van der Waals surface area contributed by atoms with Crippen LogP contribution in [-0.2, 0) is 14.8 Å². The van der Waals surface area contributed by atoms with Crippen LogP contribution < -0.4 is 10.0 Å². The zero-order valence-corrected chi connectivity index (χ0v) is 11.8. The van der Waals surface area contributed by atoms with Crippen molar-refractivity contribution in [3.05, 3.63) is 24.3 Å². The van der Waals surface area contributed by atoms with Crippen molar-refractivity contribution in [1.29, 1.82) is 0 Å². The molecule has 0 aromatic heterocycles. The summed E-state index contributed by atoms with van der Waals surface area (Å²) >= 11 is 0. The average Bonchev–Trinajstić information content (AvgIpc) is 2.84. The van der Waals surface area contributed by atoms with Crippen LogP contribution in [0.5, 0.6) is 0 Å². The Morgan fingerprint density at radius 1 is 1.35 bits per heavy atom. The van der Waals surface area contributed by atoms with Crippen LogP contribution in [0.4, 0.5) is 5.69 Å². The minimum Gasteiger partial charge on any atom is -0.481 e. The molecule has 0 spiro atoms. The van der Waals surface area contributed by atoms with Gasteiger partial charge >= 0.3 is 5.97 Å². The van der Waals surface area contributed by atoms with Gasteiger partial charge in [-0.2, -0.15) is 0 Å². The quantitative estimate of drug-likeness (QED) is 0.845. The molecule has 6 nitrogen and oxygen atoms in total. The third kappa shape index (κ3) is 3.71. The van der Waals surface area contributed by atoms with Gasteiger partial charge < -0.3 is 10.0 Å². The van der Waals surface area contributed by atoms with E-state index >= 15 is 0 Å². The van der Waals surface area contributed by atoms with E-state index in [0.717, 1.165) is 25.2 Å². The lowest BCUT2D eigenvalue weighted by atomic mass is 10.0. The van der Waals surface area contributed by atoms with Gasteiger partial charge in [-0.05, 0) is 43.0 Å². The summed E-state index contributed by atoms with van der Waals surface area (Å²) in [4.78, 5) is 12.8. The third-order valence-electron chi connectivity index (χ3n) is 3.58. The van der Waals surface area contributed by atoms with Crippen molar-refractivity contribution in [2.24, 2.45) is 11.1 Å². The molecule has 0 saturated carbocycles. The van der Waals surface area contributed by atoms with E-state index in [2.05, 4.69) is 4.90 Å². The lowest BCUT2D eigenvalue weighted by Crippen LogP contribution is -2.20. The normalized spacial score (nSPS) is 19.2. The molecular weight excluding hydrogens is 280 g/mol. The minimum atomic E-state index is -3.66. The number of primary sulfonamides is 1. The molecule has 0 amide bonds. The Labute approximate surface area is 118 Å². The number of sulfonamides is 1. The van der Waals surface area contributed by atoms with Crippen molar-refractivity contribution in [2.75, 3.05) is 18.0 Å². The van der Waals surface area contributed by atoms with Crippen molar-refractivity contribution in [3.63, 3.8) is 0 Å². The Kier molecular flexibility index (Phi) is 4.29. The highest BCUT2D eigenvalue weighted by Gasteiger charge is 2.23. The summed E-state index contributed by atoms with van der Waals surface area (Å²) in [6.45, 7) is 1.67. The van der Waals surface area contributed by atoms with Crippen LogP contribution in [0.1, 0.15) is 19.3 Å². The fraction of sp³-hybridized carbons (Fsp3) is 0.462. The molecule has 1 aliphatic rings. The largest absolute Gasteiger partial charge is 0.481 e. The van der Waals surface area contributed by atoms with Gasteiger partial charge in [0, 0.05) is 25.2 Å². The SMILES string of the molecule is NS(=O)(=O)c1ccc(N2CCC(CCC(=O)O)C2)cc1. The topological polar surface area (TPSA) is 101 Å². The van der Waals surface area contributed by atoms with E-state index in [0.29, 0.717) is 12.3 Å². The van der Waals surface area contributed by atoms with E-state index in [1.54, 1.807) is 12.1 Å². The fourth-order valence-corrected chi connectivity index (χ4v) is 2.99. The second-order valence-corrected chi connectivity index (χ2v) is 6.63. The molecule has 1 aliphatic heterocycles. The van der Waals surface area contributed by atoms with Crippen LogP contribution in [-0.4, -0.2) is 32.6 Å². The maximum Gasteiger partial charge on any atom is 0.303 e. The first-order valence-electron chi connectivity index (χ1n) is 6.46. The highest BCUT2D eigenvalue weighted by molar-refractivity contribution is 7.89. The molecule has 1 aromatic carbocycles. The van der Waals surface area contributed by atoms with Gasteiger partial charge in [0.25, 0.3) is 0 Å². The van der Waals surface area contributed by atoms with Gasteiger partial charge in [0.15, 0.2) is 0 Å². The number of anilines is 1.